The molecule has 4 aromatic rings. The Labute approximate surface area is 155 Å². The summed E-state index contributed by atoms with van der Waals surface area (Å²) in [6, 6.07) is 10.0. The lowest BCUT2D eigenvalue weighted by Crippen LogP contribution is -2.30. The Hall–Kier alpha value is -2.93. The number of hydrogen-bond acceptors (Lipinski definition) is 4. The van der Waals surface area contributed by atoms with Crippen molar-refractivity contribution in [3.8, 4) is 0 Å². The molecule has 0 unspecified atom stereocenters. The normalized spacial score (nSPS) is 11.2. The molecule has 0 saturated heterocycles. The molecule has 4 rings (SSSR count). The fourth-order valence-corrected chi connectivity index (χ4v) is 3.82. The first-order chi connectivity index (χ1) is 12.6. The number of imidazole rings is 1. The van der Waals surface area contributed by atoms with E-state index in [1.54, 1.807) is 22.0 Å². The van der Waals surface area contributed by atoms with Crippen molar-refractivity contribution in [2.45, 2.75) is 20.0 Å². The van der Waals surface area contributed by atoms with Gasteiger partial charge in [-0.3, -0.25) is 4.79 Å². The van der Waals surface area contributed by atoms with Gasteiger partial charge in [-0.15, -0.1) is 11.3 Å². The molecule has 0 N–H and O–H groups in total. The molecule has 0 radical (unpaired) electrons. The number of carbonyl (C=O) groups excluding carboxylic acids is 1. The average Bonchev–Trinajstić information content (AvgIpc) is 3.34. The van der Waals surface area contributed by atoms with Crippen LogP contribution in [0.15, 0.2) is 54.4 Å². The van der Waals surface area contributed by atoms with Gasteiger partial charge in [0.05, 0.1) is 23.9 Å². The Balaban J connectivity index is 1.70. The molecule has 0 bridgehead atoms. The van der Waals surface area contributed by atoms with E-state index in [0.29, 0.717) is 18.7 Å². The van der Waals surface area contributed by atoms with Crippen molar-refractivity contribution < 1.29 is 4.79 Å². The minimum Gasteiger partial charge on any atom is -0.334 e. The molecule has 26 heavy (non-hydrogen) atoms. The van der Waals surface area contributed by atoms with E-state index in [0.717, 1.165) is 21.8 Å². The number of benzene rings is 1. The molecule has 6 nitrogen and oxygen atoms in total. The Morgan fingerprint density at radius 1 is 1.19 bits per heavy atom. The lowest BCUT2D eigenvalue weighted by Gasteiger charge is -2.22. The molecule has 0 fully saturated rings. The van der Waals surface area contributed by atoms with Crippen molar-refractivity contribution in [2.24, 2.45) is 7.05 Å². The van der Waals surface area contributed by atoms with Gasteiger partial charge in [-0.25, -0.2) is 9.50 Å². The lowest BCUT2D eigenvalue weighted by molar-refractivity contribution is 0.0733. The third-order valence-corrected chi connectivity index (χ3v) is 5.37. The molecule has 1 amide bonds. The zero-order valence-corrected chi connectivity index (χ0v) is 15.5. The summed E-state index contributed by atoms with van der Waals surface area (Å²) < 4.78 is 3.64. The first kappa shape index (κ1) is 16.5. The third kappa shape index (κ3) is 3.01. The van der Waals surface area contributed by atoms with Crippen LogP contribution < -0.4 is 0 Å². The van der Waals surface area contributed by atoms with Crippen LogP contribution in [0.25, 0.3) is 5.65 Å². The summed E-state index contributed by atoms with van der Waals surface area (Å²) in [4.78, 5) is 20.6. The fraction of sp³-hybridized carbons (Fsp3) is 0.211. The lowest BCUT2D eigenvalue weighted by atomic mass is 10.2. The van der Waals surface area contributed by atoms with Gasteiger partial charge < -0.3 is 9.47 Å². The number of carbonyl (C=O) groups is 1. The van der Waals surface area contributed by atoms with Gasteiger partial charge in [-0.2, -0.15) is 5.10 Å². The molecule has 0 aliphatic heterocycles. The summed E-state index contributed by atoms with van der Waals surface area (Å²) in [6.45, 7) is 3.05. The van der Waals surface area contributed by atoms with Crippen molar-refractivity contribution in [3.05, 3.63) is 76.1 Å². The third-order valence-electron chi connectivity index (χ3n) is 4.45. The van der Waals surface area contributed by atoms with E-state index in [-0.39, 0.29) is 5.91 Å². The molecular weight excluding hydrogens is 346 g/mol. The molecule has 1 aromatic carbocycles. The van der Waals surface area contributed by atoms with E-state index in [1.807, 2.05) is 71.7 Å². The molecule has 0 atom stereocenters. The molecule has 0 spiro atoms. The van der Waals surface area contributed by atoms with Crippen LogP contribution in [0.4, 0.5) is 0 Å². The molecule has 7 heteroatoms. The van der Waals surface area contributed by atoms with Crippen LogP contribution in [0.2, 0.25) is 0 Å². The van der Waals surface area contributed by atoms with Crippen molar-refractivity contribution in [1.29, 1.82) is 0 Å². The molecule has 0 aliphatic carbocycles. The number of amides is 1. The van der Waals surface area contributed by atoms with Crippen LogP contribution in [-0.4, -0.2) is 30.0 Å². The number of rotatable bonds is 5. The molecule has 3 aromatic heterocycles. The van der Waals surface area contributed by atoms with E-state index < -0.39 is 0 Å². The van der Waals surface area contributed by atoms with E-state index >= 15 is 0 Å². The number of hydrogen-bond donors (Lipinski definition) is 0. The van der Waals surface area contributed by atoms with Gasteiger partial charge in [0.15, 0.2) is 0 Å². The summed E-state index contributed by atoms with van der Waals surface area (Å²) in [7, 11) is 1.92. The second-order valence-electron chi connectivity index (χ2n) is 6.24. The maximum Gasteiger partial charge on any atom is 0.259 e. The highest BCUT2D eigenvalue weighted by Gasteiger charge is 2.23. The van der Waals surface area contributed by atoms with Crippen molar-refractivity contribution in [3.63, 3.8) is 0 Å². The Bertz CT molecular complexity index is 1050. The topological polar surface area (TPSA) is 55.4 Å². The molecule has 3 heterocycles. The Morgan fingerprint density at radius 3 is 2.73 bits per heavy atom. The molecular formula is C19H19N5OS. The van der Waals surface area contributed by atoms with Gasteiger partial charge in [-0.1, -0.05) is 30.3 Å². The maximum absolute atomic E-state index is 13.4. The summed E-state index contributed by atoms with van der Waals surface area (Å²) in [6.07, 6.45) is 5.39. The van der Waals surface area contributed by atoms with E-state index in [4.69, 9.17) is 0 Å². The predicted octanol–water partition coefficient (Wildman–Crippen LogP) is 3.28. The fourth-order valence-electron chi connectivity index (χ4n) is 3.03. The number of aryl methyl sites for hydroxylation is 2. The van der Waals surface area contributed by atoms with Crippen molar-refractivity contribution in [1.82, 2.24) is 24.1 Å². The highest BCUT2D eigenvalue weighted by molar-refractivity contribution is 7.09. The first-order valence-electron chi connectivity index (χ1n) is 8.34. The van der Waals surface area contributed by atoms with Gasteiger partial charge in [-0.05, 0) is 12.5 Å². The quantitative estimate of drug-likeness (QED) is 0.545. The Kier molecular flexibility index (Phi) is 4.30. The van der Waals surface area contributed by atoms with Crippen LogP contribution in [0.1, 0.15) is 26.5 Å². The number of aromatic nitrogens is 4. The van der Waals surface area contributed by atoms with Gasteiger partial charge in [0, 0.05) is 30.9 Å². The molecule has 0 saturated carbocycles. The first-order valence-corrected chi connectivity index (χ1v) is 9.22. The largest absolute Gasteiger partial charge is 0.334 e. The van der Waals surface area contributed by atoms with E-state index in [1.165, 1.54) is 0 Å². The summed E-state index contributed by atoms with van der Waals surface area (Å²) in [5, 5.41) is 4.30. The summed E-state index contributed by atoms with van der Waals surface area (Å²) in [5.41, 5.74) is 5.30. The number of nitrogens with zero attached hydrogens (tertiary/aromatic N) is 5. The van der Waals surface area contributed by atoms with Crippen molar-refractivity contribution >= 4 is 22.9 Å². The zero-order chi connectivity index (χ0) is 18.1. The smallest absolute Gasteiger partial charge is 0.259 e. The monoisotopic (exact) mass is 365 g/mol. The SMILES string of the molecule is Cc1ncsc1CN(Cc1ccccc1)C(=O)c1cnn2ccn(C)c12. The second kappa shape index (κ2) is 6.76. The van der Waals surface area contributed by atoms with E-state index in [2.05, 4.69) is 10.1 Å². The predicted molar refractivity (Wildman–Crippen MR) is 101 cm³/mol. The van der Waals surface area contributed by atoms with Gasteiger partial charge in [0.25, 0.3) is 5.91 Å². The van der Waals surface area contributed by atoms with Crippen LogP contribution in [-0.2, 0) is 20.1 Å². The highest BCUT2D eigenvalue weighted by atomic mass is 32.1. The Morgan fingerprint density at radius 2 is 2.00 bits per heavy atom. The number of fused-ring (bicyclic) bond motifs is 1. The van der Waals surface area contributed by atoms with Crippen LogP contribution in [0, 0.1) is 6.92 Å². The minimum atomic E-state index is -0.0292. The van der Waals surface area contributed by atoms with Crippen LogP contribution >= 0.6 is 11.3 Å². The van der Waals surface area contributed by atoms with E-state index in [9.17, 15) is 4.79 Å². The number of thiazole rings is 1. The minimum absolute atomic E-state index is 0.0292. The van der Waals surface area contributed by atoms with Gasteiger partial charge >= 0.3 is 0 Å². The molecule has 132 valence electrons. The maximum atomic E-state index is 13.4. The standard InChI is InChI=1S/C19H19N5OS/c1-14-17(26-13-20-14)12-23(11-15-6-4-3-5-7-15)19(25)16-10-21-24-9-8-22(2)18(16)24/h3-10,13H,11-12H2,1-2H3. The van der Waals surface area contributed by atoms with Gasteiger partial charge in [0.2, 0.25) is 0 Å². The zero-order valence-electron chi connectivity index (χ0n) is 14.7. The van der Waals surface area contributed by atoms with Crippen LogP contribution in [0.3, 0.4) is 0 Å². The highest BCUT2D eigenvalue weighted by Crippen LogP contribution is 2.21. The summed E-state index contributed by atoms with van der Waals surface area (Å²) >= 11 is 1.58. The summed E-state index contributed by atoms with van der Waals surface area (Å²) in [5.74, 6) is -0.0292. The second-order valence-corrected chi connectivity index (χ2v) is 7.18. The van der Waals surface area contributed by atoms with Crippen molar-refractivity contribution in [2.75, 3.05) is 0 Å². The van der Waals surface area contributed by atoms with Gasteiger partial charge in [0.1, 0.15) is 11.2 Å². The molecule has 0 aliphatic rings. The van der Waals surface area contributed by atoms with Crippen LogP contribution in [0.5, 0.6) is 0 Å². The average molecular weight is 365 g/mol.